The van der Waals surface area contributed by atoms with Crippen LogP contribution in [0.15, 0.2) is 62.9 Å². The smallest absolute Gasteiger partial charge is 0.163 e. The van der Waals surface area contributed by atoms with Crippen LogP contribution < -0.4 is 4.74 Å². The van der Waals surface area contributed by atoms with Gasteiger partial charge in [0.05, 0.1) is 0 Å². The van der Waals surface area contributed by atoms with Gasteiger partial charge in [-0.25, -0.2) is 0 Å². The Kier molecular flexibility index (Phi) is 4.11. The Hall–Kier alpha value is -1.85. The van der Waals surface area contributed by atoms with Gasteiger partial charge in [-0.1, -0.05) is 45.7 Å². The number of H-pyrrole nitrogens is 1. The van der Waals surface area contributed by atoms with Crippen molar-refractivity contribution in [3.63, 3.8) is 0 Å². The summed E-state index contributed by atoms with van der Waals surface area (Å²) < 4.78 is 8.28. The number of allylic oxidation sites excluding steroid dienone is 2. The van der Waals surface area contributed by atoms with Gasteiger partial charge in [-0.05, 0) is 47.4 Å². The van der Waals surface area contributed by atoms with E-state index in [2.05, 4.69) is 68.9 Å². The minimum atomic E-state index is -0.136. The molecule has 2 heterocycles. The summed E-state index contributed by atoms with van der Waals surface area (Å²) in [6.45, 7) is 4.26. The Bertz CT molecular complexity index is 1170. The number of carbonyl (C=O) groups is 1. The van der Waals surface area contributed by atoms with Crippen molar-refractivity contribution in [2.45, 2.75) is 32.6 Å². The third-order valence-electron chi connectivity index (χ3n) is 5.67. The van der Waals surface area contributed by atoms with Gasteiger partial charge < -0.3 is 9.72 Å². The van der Waals surface area contributed by atoms with Crippen molar-refractivity contribution in [1.29, 1.82) is 0 Å². The molecule has 1 atom stereocenters. The van der Waals surface area contributed by atoms with E-state index in [1.54, 1.807) is 0 Å². The van der Waals surface area contributed by atoms with E-state index in [0.717, 1.165) is 54.5 Å². The molecule has 0 saturated heterocycles. The monoisotopic (exact) mass is 499 g/mol. The first-order chi connectivity index (χ1) is 13.3. The summed E-state index contributed by atoms with van der Waals surface area (Å²) >= 11 is 7.18. The Morgan fingerprint density at radius 1 is 1.04 bits per heavy atom. The summed E-state index contributed by atoms with van der Waals surface area (Å²) in [7, 11) is 0. The van der Waals surface area contributed by atoms with Crippen molar-refractivity contribution in [2.75, 3.05) is 0 Å². The lowest BCUT2D eigenvalue weighted by atomic mass is 9.70. The number of ketones is 1. The number of aromatic amines is 1. The summed E-state index contributed by atoms with van der Waals surface area (Å²) in [4.78, 5) is 16.7. The average molecular weight is 501 g/mol. The maximum Gasteiger partial charge on any atom is 0.163 e. The highest BCUT2D eigenvalue weighted by atomic mass is 79.9. The van der Waals surface area contributed by atoms with E-state index in [9.17, 15) is 4.79 Å². The van der Waals surface area contributed by atoms with Crippen LogP contribution in [0.5, 0.6) is 5.75 Å². The van der Waals surface area contributed by atoms with Crippen molar-refractivity contribution >= 4 is 48.5 Å². The van der Waals surface area contributed by atoms with Crippen LogP contribution >= 0.6 is 31.9 Å². The highest BCUT2D eigenvalue weighted by molar-refractivity contribution is 9.10. The van der Waals surface area contributed by atoms with Gasteiger partial charge in [-0.3, -0.25) is 4.79 Å². The Labute approximate surface area is 180 Å². The first-order valence-electron chi connectivity index (χ1n) is 9.32. The fourth-order valence-electron chi connectivity index (χ4n) is 4.49. The molecule has 142 valence electrons. The zero-order chi connectivity index (χ0) is 19.6. The molecule has 3 aromatic rings. The molecule has 3 nitrogen and oxygen atoms in total. The van der Waals surface area contributed by atoms with E-state index in [-0.39, 0.29) is 17.1 Å². The van der Waals surface area contributed by atoms with Gasteiger partial charge in [0.15, 0.2) is 5.78 Å². The molecule has 2 aliphatic rings. The van der Waals surface area contributed by atoms with Gasteiger partial charge in [0.25, 0.3) is 0 Å². The number of hydrogen-bond acceptors (Lipinski definition) is 2. The molecular formula is C23H19Br2NO2. The van der Waals surface area contributed by atoms with Crippen molar-refractivity contribution in [3.05, 3.63) is 74.0 Å². The maximum atomic E-state index is 13.3. The molecule has 0 bridgehead atoms. The standard InChI is InChI=1S/C23H19Br2NO2/c1-23(2)9-18(27)22-20(10-23)28-19-6-4-13(25)8-15(19)21(22)16-11-26-17-5-3-12(24)7-14(16)17/h3-8,11,21,26H,9-10H2,1-2H3. The number of rotatable bonds is 1. The minimum Gasteiger partial charge on any atom is -0.461 e. The second kappa shape index (κ2) is 6.33. The number of Topliss-reactive ketones (excluding diaryl/α,β-unsaturated/α-hetero) is 1. The molecule has 2 aromatic carbocycles. The van der Waals surface area contributed by atoms with E-state index in [1.165, 1.54) is 0 Å². The van der Waals surface area contributed by atoms with E-state index in [4.69, 9.17) is 4.74 Å². The topological polar surface area (TPSA) is 42.1 Å². The lowest BCUT2D eigenvalue weighted by molar-refractivity contribution is -0.118. The van der Waals surface area contributed by atoms with Crippen LogP contribution in [0.1, 0.15) is 43.7 Å². The molecule has 5 heteroatoms. The summed E-state index contributed by atoms with van der Waals surface area (Å²) in [5.74, 6) is 1.71. The van der Waals surface area contributed by atoms with Crippen LogP contribution in [0, 0.1) is 5.41 Å². The molecule has 1 unspecified atom stereocenters. The molecule has 0 fully saturated rings. The van der Waals surface area contributed by atoms with Crippen LogP contribution in [0.3, 0.4) is 0 Å². The second-order valence-corrected chi connectivity index (χ2v) is 10.3. The number of benzene rings is 2. The van der Waals surface area contributed by atoms with E-state index < -0.39 is 0 Å². The largest absolute Gasteiger partial charge is 0.461 e. The molecule has 0 amide bonds. The molecule has 0 saturated carbocycles. The summed E-state index contributed by atoms with van der Waals surface area (Å²) in [6, 6.07) is 12.3. The summed E-state index contributed by atoms with van der Waals surface area (Å²) in [5, 5.41) is 1.12. The van der Waals surface area contributed by atoms with Crippen LogP contribution in [-0.2, 0) is 4.79 Å². The number of aromatic nitrogens is 1. The van der Waals surface area contributed by atoms with E-state index in [0.29, 0.717) is 6.42 Å². The number of carbonyl (C=O) groups excluding carboxylic acids is 1. The van der Waals surface area contributed by atoms with Crippen LogP contribution in [0.25, 0.3) is 10.9 Å². The van der Waals surface area contributed by atoms with Gasteiger partial charge in [0, 0.05) is 55.9 Å². The molecule has 5 rings (SSSR count). The highest BCUT2D eigenvalue weighted by Crippen LogP contribution is 2.51. The molecule has 1 aliphatic carbocycles. The van der Waals surface area contributed by atoms with Crippen LogP contribution in [-0.4, -0.2) is 10.8 Å². The first kappa shape index (κ1) is 18.2. The molecule has 1 aliphatic heterocycles. The Morgan fingerprint density at radius 2 is 1.79 bits per heavy atom. The number of ether oxygens (including phenoxy) is 1. The quantitative estimate of drug-likeness (QED) is 0.396. The van der Waals surface area contributed by atoms with Gasteiger partial charge in [0.2, 0.25) is 0 Å². The van der Waals surface area contributed by atoms with Gasteiger partial charge >= 0.3 is 0 Å². The molecule has 0 radical (unpaired) electrons. The van der Waals surface area contributed by atoms with Crippen molar-refractivity contribution in [1.82, 2.24) is 4.98 Å². The number of hydrogen-bond donors (Lipinski definition) is 1. The molecular weight excluding hydrogens is 482 g/mol. The molecule has 1 aromatic heterocycles. The van der Waals surface area contributed by atoms with E-state index >= 15 is 0 Å². The fraction of sp³-hybridized carbons (Fsp3) is 0.261. The Morgan fingerprint density at radius 3 is 2.61 bits per heavy atom. The zero-order valence-corrected chi connectivity index (χ0v) is 18.8. The normalized spacial score (nSPS) is 20.7. The SMILES string of the molecule is CC1(C)CC(=O)C2=C(C1)Oc1ccc(Br)cc1C2c1c[nH]c2ccc(Br)cc12. The first-order valence-corrected chi connectivity index (χ1v) is 10.9. The van der Waals surface area contributed by atoms with Gasteiger partial charge in [-0.15, -0.1) is 0 Å². The van der Waals surface area contributed by atoms with Gasteiger partial charge in [-0.2, -0.15) is 0 Å². The lowest BCUT2D eigenvalue weighted by Crippen LogP contribution is -2.32. The van der Waals surface area contributed by atoms with Crippen LogP contribution in [0.4, 0.5) is 0 Å². The van der Waals surface area contributed by atoms with Crippen molar-refractivity contribution in [3.8, 4) is 5.75 Å². The third-order valence-corrected chi connectivity index (χ3v) is 6.66. The minimum absolute atomic E-state index is 0.0867. The predicted molar refractivity (Wildman–Crippen MR) is 118 cm³/mol. The number of halogens is 2. The summed E-state index contributed by atoms with van der Waals surface area (Å²) in [5.41, 5.74) is 3.93. The molecule has 28 heavy (non-hydrogen) atoms. The highest BCUT2D eigenvalue weighted by Gasteiger charge is 2.42. The molecule has 1 N–H and O–H groups in total. The number of nitrogens with one attached hydrogen (secondary N) is 1. The lowest BCUT2D eigenvalue weighted by Gasteiger charge is -2.38. The molecule has 0 spiro atoms. The second-order valence-electron chi connectivity index (χ2n) is 8.43. The van der Waals surface area contributed by atoms with Gasteiger partial charge in [0.1, 0.15) is 11.5 Å². The number of fused-ring (bicyclic) bond motifs is 2. The van der Waals surface area contributed by atoms with E-state index in [1.807, 2.05) is 24.4 Å². The average Bonchev–Trinajstić information content (AvgIpc) is 3.02. The zero-order valence-electron chi connectivity index (χ0n) is 15.6. The summed E-state index contributed by atoms with van der Waals surface area (Å²) in [6.07, 6.45) is 3.35. The van der Waals surface area contributed by atoms with Crippen molar-refractivity contribution < 1.29 is 9.53 Å². The predicted octanol–water partition coefficient (Wildman–Crippen LogP) is 6.86. The Balaban J connectivity index is 1.80. The van der Waals surface area contributed by atoms with Crippen LogP contribution in [0.2, 0.25) is 0 Å². The fourth-order valence-corrected chi connectivity index (χ4v) is 5.23. The third kappa shape index (κ3) is 2.87. The maximum absolute atomic E-state index is 13.3. The van der Waals surface area contributed by atoms with Crippen molar-refractivity contribution in [2.24, 2.45) is 5.41 Å².